The van der Waals surface area contributed by atoms with Gasteiger partial charge in [-0.25, -0.2) is 9.97 Å². The summed E-state index contributed by atoms with van der Waals surface area (Å²) in [5.41, 5.74) is 7.68. The van der Waals surface area contributed by atoms with Gasteiger partial charge in [0, 0.05) is 30.2 Å². The maximum absolute atomic E-state index is 5.96. The van der Waals surface area contributed by atoms with E-state index in [1.807, 2.05) is 18.2 Å². The van der Waals surface area contributed by atoms with E-state index in [0.717, 1.165) is 54.9 Å². The maximum Gasteiger partial charge on any atom is 0.140 e. The number of nitrogen functional groups attached to an aromatic ring is 1. The van der Waals surface area contributed by atoms with Gasteiger partial charge in [0.1, 0.15) is 12.1 Å². The van der Waals surface area contributed by atoms with Crippen molar-refractivity contribution >= 4 is 22.4 Å². The third-order valence-corrected chi connectivity index (χ3v) is 4.28. The zero-order valence-corrected chi connectivity index (χ0v) is 12.8. The Morgan fingerprint density at radius 3 is 2.95 bits per heavy atom. The summed E-state index contributed by atoms with van der Waals surface area (Å²) >= 11 is 0. The first kappa shape index (κ1) is 14.1. The molecule has 0 bridgehead atoms. The van der Waals surface area contributed by atoms with Crippen LogP contribution in [0.1, 0.15) is 19.8 Å². The lowest BCUT2D eigenvalue weighted by Crippen LogP contribution is -2.40. The van der Waals surface area contributed by atoms with Crippen LogP contribution >= 0.6 is 0 Å². The van der Waals surface area contributed by atoms with E-state index in [2.05, 4.69) is 33.7 Å². The first-order valence-corrected chi connectivity index (χ1v) is 7.64. The van der Waals surface area contributed by atoms with Crippen molar-refractivity contribution in [3.63, 3.8) is 0 Å². The molecule has 1 atom stereocenters. The van der Waals surface area contributed by atoms with Crippen LogP contribution in [0.3, 0.4) is 0 Å². The van der Waals surface area contributed by atoms with Gasteiger partial charge in [-0.15, -0.1) is 0 Å². The van der Waals surface area contributed by atoms with Crippen LogP contribution in [-0.2, 0) is 0 Å². The smallest absolute Gasteiger partial charge is 0.140 e. The number of nitrogens with zero attached hydrogens (tertiary/aromatic N) is 4. The number of hydrogen-bond acceptors (Lipinski definition) is 5. The Balaban J connectivity index is 2.07. The molecule has 0 amide bonds. The summed E-state index contributed by atoms with van der Waals surface area (Å²) in [6.45, 7) is 5.49. The monoisotopic (exact) mass is 285 g/mol. The van der Waals surface area contributed by atoms with Crippen LogP contribution in [0.25, 0.3) is 10.9 Å². The molecule has 1 fully saturated rings. The lowest BCUT2D eigenvalue weighted by atomic mass is 10.1. The van der Waals surface area contributed by atoms with Crippen molar-refractivity contribution in [1.29, 1.82) is 0 Å². The Labute approximate surface area is 125 Å². The van der Waals surface area contributed by atoms with Gasteiger partial charge in [0.15, 0.2) is 0 Å². The molecule has 0 spiro atoms. The highest BCUT2D eigenvalue weighted by Crippen LogP contribution is 2.28. The van der Waals surface area contributed by atoms with Crippen LogP contribution in [0.15, 0.2) is 24.5 Å². The van der Waals surface area contributed by atoms with Gasteiger partial charge in [-0.2, -0.15) is 0 Å². The second-order valence-corrected chi connectivity index (χ2v) is 5.85. The van der Waals surface area contributed by atoms with Crippen molar-refractivity contribution in [3.8, 4) is 0 Å². The summed E-state index contributed by atoms with van der Waals surface area (Å²) in [7, 11) is 2.20. The first-order chi connectivity index (χ1) is 10.2. The summed E-state index contributed by atoms with van der Waals surface area (Å²) < 4.78 is 0. The van der Waals surface area contributed by atoms with E-state index in [4.69, 9.17) is 5.73 Å². The fourth-order valence-electron chi connectivity index (χ4n) is 3.16. The highest BCUT2D eigenvalue weighted by atomic mass is 15.3. The predicted octanol–water partition coefficient (Wildman–Crippen LogP) is 2.13. The van der Waals surface area contributed by atoms with Crippen LogP contribution in [0.2, 0.25) is 0 Å². The summed E-state index contributed by atoms with van der Waals surface area (Å²) in [6, 6.07) is 6.34. The van der Waals surface area contributed by atoms with Crippen molar-refractivity contribution in [2.45, 2.75) is 25.8 Å². The largest absolute Gasteiger partial charge is 0.399 e. The minimum atomic E-state index is 0.483. The number of anilines is 2. The van der Waals surface area contributed by atoms with Gasteiger partial charge in [-0.3, -0.25) is 0 Å². The van der Waals surface area contributed by atoms with Gasteiger partial charge in [0.05, 0.1) is 5.52 Å². The number of aromatic nitrogens is 2. The fraction of sp³-hybridized carbons (Fsp3) is 0.500. The molecule has 2 N–H and O–H groups in total. The molecule has 21 heavy (non-hydrogen) atoms. The van der Waals surface area contributed by atoms with Gasteiger partial charge < -0.3 is 15.5 Å². The van der Waals surface area contributed by atoms with E-state index >= 15 is 0 Å². The molecule has 1 saturated heterocycles. The number of likely N-dealkylation sites (N-methyl/N-ethyl adjacent to an activating group) is 1. The Morgan fingerprint density at radius 2 is 2.14 bits per heavy atom. The fourth-order valence-corrected chi connectivity index (χ4v) is 3.16. The van der Waals surface area contributed by atoms with E-state index in [9.17, 15) is 0 Å². The number of fused-ring (bicyclic) bond motifs is 1. The SMILES string of the molecule is CCC1CN(C)CCCN1c1ncnc2ccc(N)cc12. The van der Waals surface area contributed by atoms with E-state index in [0.29, 0.717) is 6.04 Å². The van der Waals surface area contributed by atoms with Crippen LogP contribution in [0, 0.1) is 0 Å². The Kier molecular flexibility index (Phi) is 3.92. The second kappa shape index (κ2) is 5.85. The van der Waals surface area contributed by atoms with Crippen molar-refractivity contribution in [2.75, 3.05) is 37.3 Å². The molecule has 112 valence electrons. The Morgan fingerprint density at radius 1 is 1.29 bits per heavy atom. The zero-order valence-electron chi connectivity index (χ0n) is 12.8. The molecule has 0 radical (unpaired) electrons. The number of nitrogens with two attached hydrogens (primary N) is 1. The van der Waals surface area contributed by atoms with Crippen molar-refractivity contribution in [3.05, 3.63) is 24.5 Å². The summed E-state index contributed by atoms with van der Waals surface area (Å²) in [4.78, 5) is 13.8. The zero-order chi connectivity index (χ0) is 14.8. The van der Waals surface area contributed by atoms with Gasteiger partial charge in [-0.1, -0.05) is 6.92 Å². The molecule has 2 aromatic rings. The number of benzene rings is 1. The molecule has 5 heteroatoms. The van der Waals surface area contributed by atoms with E-state index in [-0.39, 0.29) is 0 Å². The van der Waals surface area contributed by atoms with E-state index in [1.54, 1.807) is 6.33 Å². The van der Waals surface area contributed by atoms with Gasteiger partial charge in [0.2, 0.25) is 0 Å². The minimum Gasteiger partial charge on any atom is -0.399 e. The lowest BCUT2D eigenvalue weighted by Gasteiger charge is -2.31. The number of hydrogen-bond donors (Lipinski definition) is 1. The topological polar surface area (TPSA) is 58.3 Å². The molecule has 2 heterocycles. The molecule has 5 nitrogen and oxygen atoms in total. The van der Waals surface area contributed by atoms with Crippen LogP contribution in [0.5, 0.6) is 0 Å². The molecule has 0 saturated carbocycles. The van der Waals surface area contributed by atoms with Crippen LogP contribution in [0.4, 0.5) is 11.5 Å². The molecule has 1 aromatic heterocycles. The lowest BCUT2D eigenvalue weighted by molar-refractivity contribution is 0.328. The summed E-state index contributed by atoms with van der Waals surface area (Å²) in [5.74, 6) is 1.02. The summed E-state index contributed by atoms with van der Waals surface area (Å²) in [6.07, 6.45) is 3.92. The van der Waals surface area contributed by atoms with Crippen LogP contribution in [-0.4, -0.2) is 47.6 Å². The van der Waals surface area contributed by atoms with Gasteiger partial charge in [0.25, 0.3) is 0 Å². The molecule has 1 aromatic carbocycles. The average molecular weight is 285 g/mol. The molecule has 3 rings (SSSR count). The molecular weight excluding hydrogens is 262 g/mol. The van der Waals surface area contributed by atoms with E-state index < -0.39 is 0 Å². The average Bonchev–Trinajstić information content (AvgIpc) is 2.67. The standard InChI is InChI=1S/C16H23N5/c1-3-13-10-20(2)7-4-8-21(13)16-14-9-12(17)5-6-15(14)18-11-19-16/h5-6,9,11,13H,3-4,7-8,10,17H2,1-2H3. The third-order valence-electron chi connectivity index (χ3n) is 4.28. The first-order valence-electron chi connectivity index (χ1n) is 7.64. The predicted molar refractivity (Wildman–Crippen MR) is 87.5 cm³/mol. The van der Waals surface area contributed by atoms with Gasteiger partial charge in [-0.05, 0) is 44.6 Å². The van der Waals surface area contributed by atoms with Gasteiger partial charge >= 0.3 is 0 Å². The maximum atomic E-state index is 5.96. The Hall–Kier alpha value is -1.88. The molecule has 1 aliphatic rings. The van der Waals surface area contributed by atoms with Crippen molar-refractivity contribution in [2.24, 2.45) is 0 Å². The molecular formula is C16H23N5. The molecule has 0 aliphatic carbocycles. The molecule has 1 unspecified atom stereocenters. The van der Waals surface area contributed by atoms with Crippen LogP contribution < -0.4 is 10.6 Å². The van der Waals surface area contributed by atoms with Crippen molar-refractivity contribution < 1.29 is 0 Å². The normalized spacial score (nSPS) is 20.7. The molecule has 1 aliphatic heterocycles. The highest BCUT2D eigenvalue weighted by molar-refractivity contribution is 5.91. The highest BCUT2D eigenvalue weighted by Gasteiger charge is 2.24. The van der Waals surface area contributed by atoms with Crippen molar-refractivity contribution in [1.82, 2.24) is 14.9 Å². The third kappa shape index (κ3) is 2.78. The Bertz CT molecular complexity index is 627. The van der Waals surface area contributed by atoms with E-state index in [1.165, 1.54) is 0 Å². The second-order valence-electron chi connectivity index (χ2n) is 5.85. The minimum absolute atomic E-state index is 0.483. The number of rotatable bonds is 2. The quantitative estimate of drug-likeness (QED) is 0.857. The summed E-state index contributed by atoms with van der Waals surface area (Å²) in [5, 5.41) is 1.06.